The van der Waals surface area contributed by atoms with Gasteiger partial charge in [0.25, 0.3) is 0 Å². The van der Waals surface area contributed by atoms with Crippen LogP contribution in [0.25, 0.3) is 143 Å². The molecule has 67 heavy (non-hydrogen) atoms. The van der Waals surface area contributed by atoms with E-state index in [4.69, 9.17) is 14.4 Å². The molecule has 0 saturated heterocycles. The molecule has 0 spiro atoms. The molecule has 0 aliphatic carbocycles. The van der Waals surface area contributed by atoms with E-state index in [-0.39, 0.29) is 0 Å². The van der Waals surface area contributed by atoms with Crippen LogP contribution >= 0.6 is 0 Å². The Morgan fingerprint density at radius 3 is 1.78 bits per heavy atom. The number of fused-ring (bicyclic) bond motifs is 18. The third-order valence-corrected chi connectivity index (χ3v) is 14.1. The molecule has 0 bridgehead atoms. The number of para-hydroxylation sites is 2. The van der Waals surface area contributed by atoms with Gasteiger partial charge in [0.15, 0.2) is 5.58 Å². The molecule has 4 aromatic heterocycles. The van der Waals surface area contributed by atoms with E-state index >= 15 is 0 Å². The number of nitrogens with zero attached hydrogens (tertiary/aromatic N) is 4. The summed E-state index contributed by atoms with van der Waals surface area (Å²) in [5, 5.41) is 14.9. The van der Waals surface area contributed by atoms with Gasteiger partial charge in [-0.3, -0.25) is 4.57 Å². The van der Waals surface area contributed by atoms with Crippen molar-refractivity contribution >= 4 is 109 Å². The van der Waals surface area contributed by atoms with Crippen molar-refractivity contribution in [1.29, 1.82) is 0 Å². The summed E-state index contributed by atoms with van der Waals surface area (Å²) in [5.74, 6) is 0.599. The Labute approximate surface area is 383 Å². The first-order chi connectivity index (χ1) is 33.2. The molecule has 5 heteroatoms. The molecule has 0 radical (unpaired) electrons. The molecule has 0 aliphatic heterocycles. The van der Waals surface area contributed by atoms with Crippen molar-refractivity contribution in [2.75, 3.05) is 0 Å². The summed E-state index contributed by atoms with van der Waals surface area (Å²) in [6, 6.07) is 78.3. The molecule has 0 saturated carbocycles. The molecular weight excluding hydrogens is 817 g/mol. The van der Waals surface area contributed by atoms with Crippen LogP contribution in [-0.2, 0) is 0 Å². The van der Waals surface area contributed by atoms with Crippen LogP contribution in [0.15, 0.2) is 223 Å². The van der Waals surface area contributed by atoms with Crippen molar-refractivity contribution in [3.63, 3.8) is 0 Å². The minimum absolute atomic E-state index is 0.599. The monoisotopic (exact) mass is 852 g/mol. The van der Waals surface area contributed by atoms with Crippen LogP contribution in [0.1, 0.15) is 0 Å². The average Bonchev–Trinajstić information content (AvgIpc) is 4.07. The topological polar surface area (TPSA) is 48.8 Å². The molecular formula is C62H36N4O. The van der Waals surface area contributed by atoms with Gasteiger partial charge in [0.05, 0.1) is 27.8 Å². The molecule has 0 unspecified atom stereocenters. The van der Waals surface area contributed by atoms with Gasteiger partial charge in [-0.1, -0.05) is 170 Å². The van der Waals surface area contributed by atoms with E-state index in [1.54, 1.807) is 0 Å². The highest BCUT2D eigenvalue weighted by Crippen LogP contribution is 2.47. The van der Waals surface area contributed by atoms with Gasteiger partial charge in [0.1, 0.15) is 11.1 Å². The Balaban J connectivity index is 1.03. The average molecular weight is 853 g/mol. The third-order valence-electron chi connectivity index (χ3n) is 14.1. The fraction of sp³-hybridized carbons (Fsp3) is 0. The van der Waals surface area contributed by atoms with Crippen molar-refractivity contribution in [3.8, 4) is 34.0 Å². The first-order valence-electron chi connectivity index (χ1n) is 22.8. The van der Waals surface area contributed by atoms with Gasteiger partial charge in [0, 0.05) is 54.3 Å². The van der Waals surface area contributed by atoms with Gasteiger partial charge in [-0.05, 0) is 86.6 Å². The number of furan rings is 1. The zero-order valence-corrected chi connectivity index (χ0v) is 36.0. The van der Waals surface area contributed by atoms with Crippen LogP contribution in [0.5, 0.6) is 0 Å². The molecule has 11 aromatic carbocycles. The molecule has 15 aromatic rings. The SMILES string of the molecule is c1ccc(-c2nc(-n3c4ccccc4c4c5ccccc5c5c6cc(-c7ccc8c9c%10ccccc%10ccc9n(-c9ccccc9)c8c7)ccc6oc5c43)nc3c2ccc2ccccc23)cc1. The minimum atomic E-state index is 0.599. The van der Waals surface area contributed by atoms with Gasteiger partial charge >= 0.3 is 0 Å². The second kappa shape index (κ2) is 13.7. The van der Waals surface area contributed by atoms with Crippen molar-refractivity contribution in [3.05, 3.63) is 218 Å². The molecule has 310 valence electrons. The van der Waals surface area contributed by atoms with E-state index < -0.39 is 0 Å². The number of hydrogen-bond acceptors (Lipinski definition) is 3. The van der Waals surface area contributed by atoms with E-state index in [2.05, 4.69) is 228 Å². The first kappa shape index (κ1) is 36.3. The van der Waals surface area contributed by atoms with E-state index in [0.29, 0.717) is 5.95 Å². The molecule has 0 fully saturated rings. The summed E-state index contributed by atoms with van der Waals surface area (Å²) < 4.78 is 11.8. The quantitative estimate of drug-likeness (QED) is 0.166. The van der Waals surface area contributed by atoms with E-state index in [1.807, 2.05) is 0 Å². The second-order valence-corrected chi connectivity index (χ2v) is 17.6. The highest BCUT2D eigenvalue weighted by molar-refractivity contribution is 6.35. The second-order valence-electron chi connectivity index (χ2n) is 17.6. The summed E-state index contributed by atoms with van der Waals surface area (Å²) in [6.45, 7) is 0. The lowest BCUT2D eigenvalue weighted by Gasteiger charge is -2.13. The number of hydrogen-bond donors (Lipinski definition) is 0. The highest BCUT2D eigenvalue weighted by atomic mass is 16.3. The molecule has 15 rings (SSSR count). The van der Waals surface area contributed by atoms with Gasteiger partial charge in [0.2, 0.25) is 5.95 Å². The largest absolute Gasteiger partial charge is 0.454 e. The lowest BCUT2D eigenvalue weighted by atomic mass is 9.96. The van der Waals surface area contributed by atoms with Crippen molar-refractivity contribution in [1.82, 2.24) is 19.1 Å². The molecule has 4 heterocycles. The summed E-state index contributed by atoms with van der Waals surface area (Å²) >= 11 is 0. The van der Waals surface area contributed by atoms with E-state index in [9.17, 15) is 0 Å². The minimum Gasteiger partial charge on any atom is -0.454 e. The molecule has 0 atom stereocenters. The first-order valence-corrected chi connectivity index (χ1v) is 22.8. The lowest BCUT2D eigenvalue weighted by molar-refractivity contribution is 0.671. The maximum absolute atomic E-state index is 7.18. The normalized spacial score (nSPS) is 12.2. The summed E-state index contributed by atoms with van der Waals surface area (Å²) in [6.07, 6.45) is 0. The smallest absolute Gasteiger partial charge is 0.235 e. The Bertz CT molecular complexity index is 4560. The van der Waals surface area contributed by atoms with Gasteiger partial charge in [-0.15, -0.1) is 0 Å². The molecule has 0 N–H and O–H groups in total. The van der Waals surface area contributed by atoms with Crippen LogP contribution in [0, 0.1) is 0 Å². The fourth-order valence-electron chi connectivity index (χ4n) is 11.2. The number of aromatic nitrogens is 4. The Morgan fingerprint density at radius 1 is 0.343 bits per heavy atom. The standard InChI is InChI=1S/C62H36N4O/c1-3-17-39(18-4-1)58-49-32-27-38-16-8-10-22-44(38)59(49)64-62(63-58)66-51-26-14-13-25-47(51)56-45-23-11-12-24-46(45)57-50-35-40(30-34-54(50)67-61(57)60(56)66)41-28-31-48-53(36-41)65(42-19-5-2-6-20-42)52-33-29-37-15-7-9-21-43(37)55(48)52/h1-36H. The Kier molecular flexibility index (Phi) is 7.44. The summed E-state index contributed by atoms with van der Waals surface area (Å²) in [7, 11) is 0. The van der Waals surface area contributed by atoms with E-state index in [1.165, 1.54) is 32.6 Å². The van der Waals surface area contributed by atoms with Crippen molar-refractivity contribution in [2.24, 2.45) is 0 Å². The molecule has 5 nitrogen and oxygen atoms in total. The zero-order chi connectivity index (χ0) is 43.7. The van der Waals surface area contributed by atoms with Crippen molar-refractivity contribution < 1.29 is 4.42 Å². The predicted octanol–water partition coefficient (Wildman–Crippen LogP) is 16.5. The van der Waals surface area contributed by atoms with Crippen LogP contribution in [0.3, 0.4) is 0 Å². The maximum Gasteiger partial charge on any atom is 0.235 e. The predicted molar refractivity (Wildman–Crippen MR) is 279 cm³/mol. The molecule has 0 amide bonds. The summed E-state index contributed by atoms with van der Waals surface area (Å²) in [5.41, 5.74) is 12.2. The van der Waals surface area contributed by atoms with Gasteiger partial charge in [-0.2, -0.15) is 0 Å². The van der Waals surface area contributed by atoms with Crippen LogP contribution in [0.2, 0.25) is 0 Å². The fourth-order valence-corrected chi connectivity index (χ4v) is 11.2. The van der Waals surface area contributed by atoms with Crippen LogP contribution in [0.4, 0.5) is 0 Å². The zero-order valence-electron chi connectivity index (χ0n) is 36.0. The van der Waals surface area contributed by atoms with Crippen molar-refractivity contribution in [2.45, 2.75) is 0 Å². The maximum atomic E-state index is 7.18. The third kappa shape index (κ3) is 5.14. The summed E-state index contributed by atoms with van der Waals surface area (Å²) in [4.78, 5) is 11.0. The van der Waals surface area contributed by atoms with E-state index in [0.717, 1.165) is 104 Å². The Morgan fingerprint density at radius 2 is 0.955 bits per heavy atom. The lowest BCUT2D eigenvalue weighted by Crippen LogP contribution is -2.04. The number of rotatable bonds is 4. The highest BCUT2D eigenvalue weighted by Gasteiger charge is 2.26. The van der Waals surface area contributed by atoms with Crippen LogP contribution < -0.4 is 0 Å². The van der Waals surface area contributed by atoms with Gasteiger partial charge < -0.3 is 8.98 Å². The Hall–Kier alpha value is -9.06. The molecule has 0 aliphatic rings. The van der Waals surface area contributed by atoms with Gasteiger partial charge in [-0.25, -0.2) is 9.97 Å². The number of benzene rings is 11. The van der Waals surface area contributed by atoms with Crippen LogP contribution in [-0.4, -0.2) is 19.1 Å².